The number of para-hydroxylation sites is 1. The molecule has 2 aromatic rings. The van der Waals surface area contributed by atoms with Gasteiger partial charge in [0.05, 0.1) is 17.1 Å². The van der Waals surface area contributed by atoms with Crippen LogP contribution in [0.1, 0.15) is 64.8 Å². The van der Waals surface area contributed by atoms with Gasteiger partial charge in [-0.15, -0.1) is 0 Å². The van der Waals surface area contributed by atoms with Crippen LogP contribution in [0.2, 0.25) is 0 Å². The Morgan fingerprint density at radius 1 is 1.11 bits per heavy atom. The van der Waals surface area contributed by atoms with E-state index in [0.717, 1.165) is 48.2 Å². The van der Waals surface area contributed by atoms with Crippen LogP contribution >= 0.6 is 0 Å². The van der Waals surface area contributed by atoms with Crippen molar-refractivity contribution in [3.05, 3.63) is 59.2 Å². The minimum absolute atomic E-state index is 0.156. The number of benzene rings is 1. The lowest BCUT2D eigenvalue weighted by Gasteiger charge is -2.47. The van der Waals surface area contributed by atoms with Crippen LogP contribution in [-0.4, -0.2) is 27.1 Å². The number of nitrogens with one attached hydrogen (secondary N) is 2. The van der Waals surface area contributed by atoms with Crippen LogP contribution < -0.4 is 10.6 Å². The van der Waals surface area contributed by atoms with E-state index in [1.807, 2.05) is 18.2 Å². The van der Waals surface area contributed by atoms with Crippen molar-refractivity contribution < 1.29 is 18.7 Å². The number of hydrogen-bond donors (Lipinski definition) is 3. The van der Waals surface area contributed by atoms with E-state index in [0.29, 0.717) is 22.9 Å². The molecule has 8 heteroatoms. The molecule has 4 aliphatic carbocycles. The summed E-state index contributed by atoms with van der Waals surface area (Å²) in [5.41, 5.74) is 2.52. The van der Waals surface area contributed by atoms with Gasteiger partial charge < -0.3 is 15.7 Å². The van der Waals surface area contributed by atoms with Gasteiger partial charge in [0.25, 0.3) is 0 Å². The summed E-state index contributed by atoms with van der Waals surface area (Å²) in [7, 11) is 0. The van der Waals surface area contributed by atoms with E-state index >= 15 is 0 Å². The first-order valence-corrected chi connectivity index (χ1v) is 13.6. The molecule has 38 heavy (non-hydrogen) atoms. The van der Waals surface area contributed by atoms with Crippen LogP contribution in [0.4, 0.5) is 14.6 Å². The summed E-state index contributed by atoms with van der Waals surface area (Å²) in [6.45, 7) is 8.09. The highest BCUT2D eigenvalue weighted by molar-refractivity contribution is 5.93. The second-order valence-electron chi connectivity index (χ2n) is 12.4. The smallest absolute Gasteiger partial charge is 0.308 e. The van der Waals surface area contributed by atoms with Crippen molar-refractivity contribution >= 4 is 28.3 Å². The fourth-order valence-electron chi connectivity index (χ4n) is 7.09. The molecule has 3 fully saturated rings. The number of fused-ring (bicyclic) bond motifs is 5. The van der Waals surface area contributed by atoms with Gasteiger partial charge in [-0.3, -0.25) is 4.79 Å². The van der Waals surface area contributed by atoms with Crippen LogP contribution in [0.25, 0.3) is 16.5 Å². The summed E-state index contributed by atoms with van der Waals surface area (Å²) in [5.74, 6) is -2.11. The van der Waals surface area contributed by atoms with Gasteiger partial charge in [0.2, 0.25) is 0 Å². The Kier molecular flexibility index (Phi) is 5.85. The molecular weight excluding hydrogens is 486 g/mol. The Morgan fingerprint density at radius 2 is 1.82 bits per heavy atom. The third kappa shape index (κ3) is 3.91. The highest BCUT2D eigenvalue weighted by Gasteiger charge is 2.48. The number of anilines is 1. The summed E-state index contributed by atoms with van der Waals surface area (Å²) >= 11 is 0. The van der Waals surface area contributed by atoms with Gasteiger partial charge in [-0.1, -0.05) is 39.8 Å². The van der Waals surface area contributed by atoms with Crippen LogP contribution in [0, 0.1) is 29.6 Å². The standard InChI is InChI=1S/C30H34F2N4O2/c1-14-20(31)12-21(32)26-22(14)18(13-33-26)28-35-25-17(6-5-7-19(25)30(2,3)4)27(36-28)34-24-16-10-8-15(9-11-16)23(24)29(37)38/h5-7,12-16,22-24,33H,8-11H2,1-4H3,(H,37,38)(H,34,35,36). The van der Waals surface area contributed by atoms with Crippen molar-refractivity contribution in [1.82, 2.24) is 15.3 Å². The second-order valence-corrected chi connectivity index (χ2v) is 12.4. The molecule has 2 bridgehead atoms. The maximum absolute atomic E-state index is 14.7. The number of aliphatic carboxylic acids is 1. The van der Waals surface area contributed by atoms with Gasteiger partial charge in [-0.25, -0.2) is 18.7 Å². The summed E-state index contributed by atoms with van der Waals surface area (Å²) in [6.07, 6.45) is 6.52. The Bertz CT molecular complexity index is 1420. The maximum Gasteiger partial charge on any atom is 0.308 e. The van der Waals surface area contributed by atoms with Crippen molar-refractivity contribution in [3.8, 4) is 0 Å². The Hall–Kier alpha value is -3.29. The Balaban J connectivity index is 1.50. The Labute approximate surface area is 221 Å². The molecule has 7 rings (SSSR count). The van der Waals surface area contributed by atoms with Gasteiger partial charge >= 0.3 is 5.97 Å². The normalized spacial score (nSPS) is 30.6. The number of aromatic nitrogens is 2. The molecule has 6 nitrogen and oxygen atoms in total. The molecule has 5 aliphatic rings. The zero-order valence-corrected chi connectivity index (χ0v) is 22.2. The molecule has 4 atom stereocenters. The lowest BCUT2D eigenvalue weighted by Crippen LogP contribution is -2.51. The molecule has 0 spiro atoms. The van der Waals surface area contributed by atoms with Crippen LogP contribution in [-0.2, 0) is 10.2 Å². The number of hydrogen-bond acceptors (Lipinski definition) is 5. The van der Waals surface area contributed by atoms with E-state index < -0.39 is 35.4 Å². The van der Waals surface area contributed by atoms with E-state index in [2.05, 4.69) is 31.4 Å². The van der Waals surface area contributed by atoms with Crippen molar-refractivity contribution in [2.24, 2.45) is 29.6 Å². The van der Waals surface area contributed by atoms with Crippen molar-refractivity contribution in [2.45, 2.75) is 64.8 Å². The average molecular weight is 521 g/mol. The molecule has 1 aliphatic heterocycles. The zero-order chi connectivity index (χ0) is 26.9. The molecule has 0 radical (unpaired) electrons. The molecular formula is C30H34F2N4O2. The van der Waals surface area contributed by atoms with Crippen LogP contribution in [0.5, 0.6) is 0 Å². The fourth-order valence-corrected chi connectivity index (χ4v) is 7.09. The van der Waals surface area contributed by atoms with Gasteiger partial charge in [0.1, 0.15) is 17.5 Å². The number of nitrogens with zero attached hydrogens (tertiary/aromatic N) is 2. The number of halogens is 2. The highest BCUT2D eigenvalue weighted by atomic mass is 19.1. The lowest BCUT2D eigenvalue weighted by atomic mass is 9.61. The van der Waals surface area contributed by atoms with Gasteiger partial charge in [-0.05, 0) is 54.6 Å². The third-order valence-corrected chi connectivity index (χ3v) is 9.09. The average Bonchev–Trinajstić information content (AvgIpc) is 3.33. The predicted molar refractivity (Wildman–Crippen MR) is 143 cm³/mol. The topological polar surface area (TPSA) is 87.1 Å². The van der Waals surface area contributed by atoms with Crippen molar-refractivity contribution in [1.29, 1.82) is 0 Å². The van der Waals surface area contributed by atoms with Gasteiger partial charge in [0, 0.05) is 41.1 Å². The van der Waals surface area contributed by atoms with Crippen LogP contribution in [0.3, 0.4) is 0 Å². The van der Waals surface area contributed by atoms with E-state index in [9.17, 15) is 18.7 Å². The largest absolute Gasteiger partial charge is 0.481 e. The summed E-state index contributed by atoms with van der Waals surface area (Å²) in [6, 6.07) is 5.76. The zero-order valence-electron chi connectivity index (χ0n) is 22.2. The molecule has 0 amide bonds. The molecule has 1 aromatic heterocycles. The second kappa shape index (κ2) is 8.89. The van der Waals surface area contributed by atoms with Crippen molar-refractivity contribution in [3.63, 3.8) is 0 Å². The number of carboxylic acid groups (broad SMARTS) is 1. The summed E-state index contributed by atoms with van der Waals surface area (Å²) < 4.78 is 29.3. The van der Waals surface area contributed by atoms with Crippen molar-refractivity contribution in [2.75, 3.05) is 5.32 Å². The number of carbonyl (C=O) groups is 1. The first kappa shape index (κ1) is 25.0. The minimum atomic E-state index is -0.767. The summed E-state index contributed by atoms with van der Waals surface area (Å²) in [5, 5.41) is 17.5. The Morgan fingerprint density at radius 3 is 2.50 bits per heavy atom. The van der Waals surface area contributed by atoms with Gasteiger partial charge in [0.15, 0.2) is 5.82 Å². The van der Waals surface area contributed by atoms with Crippen LogP contribution in [0.15, 0.2) is 47.8 Å². The number of carboxylic acids is 1. The van der Waals surface area contributed by atoms with E-state index in [-0.39, 0.29) is 23.3 Å². The van der Waals surface area contributed by atoms with E-state index in [1.165, 1.54) is 0 Å². The first-order valence-electron chi connectivity index (χ1n) is 13.6. The molecule has 3 saturated carbocycles. The SMILES string of the molecule is CC1C(F)=CC(F)=C2NC=C(c3nc(NC4C5CCC(CC5)C4C(=O)O)c4cccc(C(C)(C)C)c4n3)C21. The monoisotopic (exact) mass is 520 g/mol. The van der Waals surface area contributed by atoms with Gasteiger partial charge in [-0.2, -0.15) is 0 Å². The molecule has 2 heterocycles. The highest BCUT2D eigenvalue weighted by Crippen LogP contribution is 2.48. The summed E-state index contributed by atoms with van der Waals surface area (Å²) in [4.78, 5) is 22.3. The third-order valence-electron chi connectivity index (χ3n) is 9.09. The predicted octanol–water partition coefficient (Wildman–Crippen LogP) is 6.47. The molecule has 200 valence electrons. The molecule has 4 unspecified atom stereocenters. The van der Waals surface area contributed by atoms with E-state index in [1.54, 1.807) is 13.1 Å². The van der Waals surface area contributed by atoms with E-state index in [4.69, 9.17) is 9.97 Å². The molecule has 0 saturated heterocycles. The first-order chi connectivity index (χ1) is 18.0. The fraction of sp³-hybridized carbons (Fsp3) is 0.500. The minimum Gasteiger partial charge on any atom is -0.481 e. The maximum atomic E-state index is 14.7. The molecule has 1 aromatic carbocycles. The lowest BCUT2D eigenvalue weighted by molar-refractivity contribution is -0.148. The molecule has 3 N–H and O–H groups in total. The quantitative estimate of drug-likeness (QED) is 0.428. The number of allylic oxidation sites excluding steroid dienone is 4. The number of rotatable bonds is 4.